The maximum Gasteiger partial charge on any atom is 0.328 e. The van der Waals surface area contributed by atoms with Crippen LogP contribution in [0.2, 0.25) is 5.02 Å². The van der Waals surface area contributed by atoms with Gasteiger partial charge in [0.15, 0.2) is 0 Å². The summed E-state index contributed by atoms with van der Waals surface area (Å²) >= 11 is 9.24. The minimum absolute atomic E-state index is 0.329. The summed E-state index contributed by atoms with van der Waals surface area (Å²) in [7, 11) is 0. The normalized spacial score (nSPS) is 11.2. The number of benzene rings is 1. The predicted molar refractivity (Wildman–Crippen MR) is 73.1 cm³/mol. The highest BCUT2D eigenvalue weighted by Crippen LogP contribution is 2.27. The first-order chi connectivity index (χ1) is 8.15. The standard InChI is InChI=1S/C12H13BrClNO3/c1-6-4-7(5-8(14)9(6)13)10(16)15-12(2,3)11(17)18/h4-5H,1-3H3,(H,15,16)(H,17,18). The quantitative estimate of drug-likeness (QED) is 0.893. The molecule has 0 bridgehead atoms. The van der Waals surface area contributed by atoms with Crippen LogP contribution in [0.4, 0.5) is 0 Å². The first kappa shape index (κ1) is 15.0. The fraction of sp³-hybridized carbons (Fsp3) is 0.333. The molecular formula is C12H13BrClNO3. The summed E-state index contributed by atoms with van der Waals surface area (Å²) in [5.41, 5.74) is -0.194. The Morgan fingerprint density at radius 3 is 2.39 bits per heavy atom. The lowest BCUT2D eigenvalue weighted by Gasteiger charge is -2.21. The summed E-state index contributed by atoms with van der Waals surface area (Å²) in [5, 5.41) is 11.8. The number of halogens is 2. The van der Waals surface area contributed by atoms with Crippen molar-refractivity contribution in [2.75, 3.05) is 0 Å². The fourth-order valence-electron chi connectivity index (χ4n) is 1.27. The lowest BCUT2D eigenvalue weighted by molar-refractivity contribution is -0.143. The first-order valence-electron chi connectivity index (χ1n) is 5.16. The van der Waals surface area contributed by atoms with Gasteiger partial charge in [0.2, 0.25) is 0 Å². The van der Waals surface area contributed by atoms with E-state index in [1.54, 1.807) is 13.0 Å². The molecule has 1 aromatic carbocycles. The topological polar surface area (TPSA) is 66.4 Å². The van der Waals surface area contributed by atoms with Crippen molar-refractivity contribution in [3.63, 3.8) is 0 Å². The number of carboxylic acid groups (broad SMARTS) is 1. The van der Waals surface area contributed by atoms with Crippen LogP contribution in [0.15, 0.2) is 16.6 Å². The Hall–Kier alpha value is -1.07. The minimum atomic E-state index is -1.33. The molecular weight excluding hydrogens is 321 g/mol. The van der Waals surface area contributed by atoms with E-state index in [0.29, 0.717) is 10.6 Å². The van der Waals surface area contributed by atoms with Crippen LogP contribution >= 0.6 is 27.5 Å². The Labute approximate surface area is 118 Å². The van der Waals surface area contributed by atoms with Crippen molar-refractivity contribution in [3.05, 3.63) is 32.8 Å². The SMILES string of the molecule is Cc1cc(C(=O)NC(C)(C)C(=O)O)cc(Cl)c1Br. The monoisotopic (exact) mass is 333 g/mol. The van der Waals surface area contributed by atoms with E-state index in [9.17, 15) is 9.59 Å². The second kappa shape index (κ2) is 5.28. The highest BCUT2D eigenvalue weighted by atomic mass is 79.9. The molecule has 1 aromatic rings. The van der Waals surface area contributed by atoms with Crippen molar-refractivity contribution < 1.29 is 14.7 Å². The Balaban J connectivity index is 3.03. The average Bonchev–Trinajstić information content (AvgIpc) is 2.24. The van der Waals surface area contributed by atoms with Crippen molar-refractivity contribution in [1.82, 2.24) is 5.32 Å². The van der Waals surface area contributed by atoms with Crippen LogP contribution in [0.5, 0.6) is 0 Å². The molecule has 18 heavy (non-hydrogen) atoms. The number of carbonyl (C=O) groups excluding carboxylic acids is 1. The third-order valence-corrected chi connectivity index (χ3v) is 4.01. The van der Waals surface area contributed by atoms with Crippen LogP contribution in [-0.4, -0.2) is 22.5 Å². The highest BCUT2D eigenvalue weighted by Gasteiger charge is 2.29. The summed E-state index contributed by atoms with van der Waals surface area (Å²) in [6.45, 7) is 4.64. The Kier molecular flexibility index (Phi) is 4.40. The molecule has 0 saturated heterocycles. The number of hydrogen-bond acceptors (Lipinski definition) is 2. The van der Waals surface area contributed by atoms with Gasteiger partial charge in [-0.15, -0.1) is 0 Å². The molecule has 0 unspecified atom stereocenters. The van der Waals surface area contributed by atoms with Gasteiger partial charge in [0.05, 0.1) is 5.02 Å². The largest absolute Gasteiger partial charge is 0.480 e. The molecule has 0 aromatic heterocycles. The molecule has 0 heterocycles. The van der Waals surface area contributed by atoms with Crippen molar-refractivity contribution in [2.24, 2.45) is 0 Å². The molecule has 6 heteroatoms. The smallest absolute Gasteiger partial charge is 0.328 e. The van der Waals surface area contributed by atoms with E-state index in [0.717, 1.165) is 10.0 Å². The van der Waals surface area contributed by atoms with Crippen LogP contribution < -0.4 is 5.32 Å². The number of nitrogens with one attached hydrogen (secondary N) is 1. The van der Waals surface area contributed by atoms with E-state index >= 15 is 0 Å². The second-order valence-electron chi connectivity index (χ2n) is 4.47. The minimum Gasteiger partial charge on any atom is -0.480 e. The summed E-state index contributed by atoms with van der Waals surface area (Å²) in [4.78, 5) is 22.9. The number of hydrogen-bond donors (Lipinski definition) is 2. The molecule has 0 aliphatic rings. The molecule has 0 radical (unpaired) electrons. The third-order valence-electron chi connectivity index (χ3n) is 2.43. The van der Waals surface area contributed by atoms with Gasteiger partial charge in [0, 0.05) is 10.0 Å². The average molecular weight is 335 g/mol. The van der Waals surface area contributed by atoms with Crippen molar-refractivity contribution in [3.8, 4) is 0 Å². The van der Waals surface area contributed by atoms with E-state index in [1.807, 2.05) is 0 Å². The van der Waals surface area contributed by atoms with Crippen LogP contribution in [-0.2, 0) is 4.79 Å². The molecule has 0 atom stereocenters. The molecule has 0 aliphatic carbocycles. The maximum atomic E-state index is 11.9. The molecule has 2 N–H and O–H groups in total. The van der Waals surface area contributed by atoms with E-state index in [1.165, 1.54) is 19.9 Å². The number of rotatable bonds is 3. The lowest BCUT2D eigenvalue weighted by Crippen LogP contribution is -2.49. The number of carboxylic acids is 1. The summed E-state index contributed by atoms with van der Waals surface area (Å²) in [6.07, 6.45) is 0. The van der Waals surface area contributed by atoms with Crippen molar-refractivity contribution in [1.29, 1.82) is 0 Å². The predicted octanol–water partition coefficient (Wildman–Crippen LogP) is 3.00. The van der Waals surface area contributed by atoms with Crippen molar-refractivity contribution >= 4 is 39.4 Å². The maximum absolute atomic E-state index is 11.9. The molecule has 0 spiro atoms. The zero-order chi connectivity index (χ0) is 14.1. The fourth-order valence-corrected chi connectivity index (χ4v) is 1.76. The Bertz CT molecular complexity index is 491. The van der Waals surface area contributed by atoms with Gasteiger partial charge in [0.1, 0.15) is 5.54 Å². The van der Waals surface area contributed by atoms with Crippen LogP contribution in [0.25, 0.3) is 0 Å². The number of amides is 1. The molecule has 1 rings (SSSR count). The zero-order valence-electron chi connectivity index (χ0n) is 10.2. The van der Waals surface area contributed by atoms with Crippen molar-refractivity contribution in [2.45, 2.75) is 26.3 Å². The van der Waals surface area contributed by atoms with Crippen LogP contribution in [0.3, 0.4) is 0 Å². The van der Waals surface area contributed by atoms with E-state index in [-0.39, 0.29) is 0 Å². The van der Waals surface area contributed by atoms with Gasteiger partial charge >= 0.3 is 5.97 Å². The van der Waals surface area contributed by atoms with E-state index in [2.05, 4.69) is 21.2 Å². The molecule has 0 fully saturated rings. The first-order valence-corrected chi connectivity index (χ1v) is 6.34. The van der Waals surface area contributed by atoms with Gasteiger partial charge in [-0.3, -0.25) is 4.79 Å². The van der Waals surface area contributed by atoms with Gasteiger partial charge in [-0.25, -0.2) is 4.79 Å². The summed E-state index contributed by atoms with van der Waals surface area (Å²) in [5.74, 6) is -1.57. The van der Waals surface area contributed by atoms with Gasteiger partial charge in [-0.2, -0.15) is 0 Å². The molecule has 4 nitrogen and oxygen atoms in total. The van der Waals surface area contributed by atoms with E-state index in [4.69, 9.17) is 16.7 Å². The Morgan fingerprint density at radius 2 is 1.94 bits per heavy atom. The Morgan fingerprint density at radius 1 is 1.39 bits per heavy atom. The summed E-state index contributed by atoms with van der Waals surface area (Å²) < 4.78 is 0.721. The molecule has 0 aliphatic heterocycles. The van der Waals surface area contributed by atoms with E-state index < -0.39 is 17.4 Å². The lowest BCUT2D eigenvalue weighted by atomic mass is 10.0. The van der Waals surface area contributed by atoms with Crippen LogP contribution in [0, 0.1) is 6.92 Å². The number of aliphatic carboxylic acids is 1. The van der Waals surface area contributed by atoms with Gasteiger partial charge in [0.25, 0.3) is 5.91 Å². The van der Waals surface area contributed by atoms with Gasteiger partial charge in [-0.05, 0) is 54.4 Å². The second-order valence-corrected chi connectivity index (χ2v) is 5.67. The third kappa shape index (κ3) is 3.23. The summed E-state index contributed by atoms with van der Waals surface area (Å²) in [6, 6.07) is 3.13. The molecule has 0 saturated carbocycles. The van der Waals surface area contributed by atoms with Gasteiger partial charge in [-0.1, -0.05) is 11.6 Å². The zero-order valence-corrected chi connectivity index (χ0v) is 12.5. The van der Waals surface area contributed by atoms with Gasteiger partial charge < -0.3 is 10.4 Å². The number of carbonyl (C=O) groups is 2. The highest BCUT2D eigenvalue weighted by molar-refractivity contribution is 9.10. The molecule has 98 valence electrons. The molecule has 1 amide bonds. The number of aryl methyl sites for hydroxylation is 1. The van der Waals surface area contributed by atoms with Crippen LogP contribution in [0.1, 0.15) is 29.8 Å².